The molecule has 0 aliphatic carbocycles. The molecule has 0 radical (unpaired) electrons. The van der Waals surface area contributed by atoms with Crippen LogP contribution in [0, 0.1) is 5.92 Å². The molecule has 1 aromatic carbocycles. The van der Waals surface area contributed by atoms with Crippen molar-refractivity contribution in [1.29, 1.82) is 0 Å². The van der Waals surface area contributed by atoms with Gasteiger partial charge in [0.1, 0.15) is 5.75 Å². The Morgan fingerprint density at radius 2 is 1.87 bits per heavy atom. The molecule has 0 spiro atoms. The van der Waals surface area contributed by atoms with Crippen molar-refractivity contribution < 1.29 is 9.84 Å². The van der Waals surface area contributed by atoms with Gasteiger partial charge in [0.2, 0.25) is 0 Å². The van der Waals surface area contributed by atoms with Crippen molar-refractivity contribution in [3.8, 4) is 5.75 Å². The van der Waals surface area contributed by atoms with E-state index in [1.165, 1.54) is 0 Å². The molecule has 0 aliphatic heterocycles. The minimum atomic E-state index is -0.763. The van der Waals surface area contributed by atoms with Gasteiger partial charge >= 0.3 is 0 Å². The average Bonchev–Trinajstić information content (AvgIpc) is 2.28. The quantitative estimate of drug-likeness (QED) is 0.824. The summed E-state index contributed by atoms with van der Waals surface area (Å²) < 4.78 is 5.09. The second-order valence-corrected chi connectivity index (χ2v) is 4.19. The minimum absolute atomic E-state index is 0.242. The van der Waals surface area contributed by atoms with Crippen LogP contribution in [0.5, 0.6) is 5.75 Å². The SMILES string of the molecule is CCC(C)C(C)(O)c1ccc(OC)cc1. The summed E-state index contributed by atoms with van der Waals surface area (Å²) in [6.07, 6.45) is 0.957. The highest BCUT2D eigenvalue weighted by Crippen LogP contribution is 2.31. The molecule has 84 valence electrons. The van der Waals surface area contributed by atoms with E-state index in [0.717, 1.165) is 17.7 Å². The summed E-state index contributed by atoms with van der Waals surface area (Å²) in [7, 11) is 1.64. The zero-order valence-electron chi connectivity index (χ0n) is 9.95. The highest BCUT2D eigenvalue weighted by molar-refractivity contribution is 5.30. The second kappa shape index (κ2) is 4.67. The molecule has 2 unspecified atom stereocenters. The first-order valence-corrected chi connectivity index (χ1v) is 5.39. The van der Waals surface area contributed by atoms with Crippen LogP contribution in [-0.4, -0.2) is 12.2 Å². The van der Waals surface area contributed by atoms with Gasteiger partial charge in [0.15, 0.2) is 0 Å². The Hall–Kier alpha value is -1.02. The van der Waals surface area contributed by atoms with Crippen LogP contribution in [0.4, 0.5) is 0 Å². The van der Waals surface area contributed by atoms with Crippen molar-refractivity contribution in [2.45, 2.75) is 32.8 Å². The van der Waals surface area contributed by atoms with Gasteiger partial charge in [-0.25, -0.2) is 0 Å². The Labute approximate surface area is 91.9 Å². The van der Waals surface area contributed by atoms with E-state index in [9.17, 15) is 5.11 Å². The number of benzene rings is 1. The van der Waals surface area contributed by atoms with Gasteiger partial charge in [-0.15, -0.1) is 0 Å². The Balaban J connectivity index is 2.94. The van der Waals surface area contributed by atoms with Crippen molar-refractivity contribution in [1.82, 2.24) is 0 Å². The molecular weight excluding hydrogens is 188 g/mol. The molecule has 2 heteroatoms. The summed E-state index contributed by atoms with van der Waals surface area (Å²) >= 11 is 0. The number of aliphatic hydroxyl groups is 1. The van der Waals surface area contributed by atoms with E-state index in [0.29, 0.717) is 0 Å². The van der Waals surface area contributed by atoms with Gasteiger partial charge in [-0.3, -0.25) is 0 Å². The van der Waals surface area contributed by atoms with Gasteiger partial charge in [0.25, 0.3) is 0 Å². The van der Waals surface area contributed by atoms with Crippen molar-refractivity contribution in [3.05, 3.63) is 29.8 Å². The normalized spacial score (nSPS) is 16.9. The van der Waals surface area contributed by atoms with Gasteiger partial charge < -0.3 is 9.84 Å². The maximum absolute atomic E-state index is 10.4. The van der Waals surface area contributed by atoms with E-state index in [2.05, 4.69) is 13.8 Å². The highest BCUT2D eigenvalue weighted by atomic mass is 16.5. The summed E-state index contributed by atoms with van der Waals surface area (Å²) in [4.78, 5) is 0. The lowest BCUT2D eigenvalue weighted by atomic mass is 9.82. The Bertz CT molecular complexity index is 301. The molecule has 0 aromatic heterocycles. The van der Waals surface area contributed by atoms with Crippen LogP contribution in [0.2, 0.25) is 0 Å². The van der Waals surface area contributed by atoms with Gasteiger partial charge in [0, 0.05) is 0 Å². The zero-order valence-corrected chi connectivity index (χ0v) is 9.95. The molecule has 1 rings (SSSR count). The smallest absolute Gasteiger partial charge is 0.118 e. The summed E-state index contributed by atoms with van der Waals surface area (Å²) in [6.45, 7) is 6.01. The molecule has 1 N–H and O–H groups in total. The lowest BCUT2D eigenvalue weighted by Crippen LogP contribution is -2.29. The standard InChI is InChI=1S/C13H20O2/c1-5-10(2)13(3,14)11-6-8-12(15-4)9-7-11/h6-10,14H,5H2,1-4H3. The third-order valence-corrected chi connectivity index (χ3v) is 3.25. The van der Waals surface area contributed by atoms with Gasteiger partial charge in [-0.2, -0.15) is 0 Å². The molecular formula is C13H20O2. The molecule has 2 nitrogen and oxygen atoms in total. The Morgan fingerprint density at radius 1 is 1.33 bits per heavy atom. The summed E-state index contributed by atoms with van der Waals surface area (Å²) in [5.41, 5.74) is 0.179. The number of hydrogen-bond acceptors (Lipinski definition) is 2. The fraction of sp³-hybridized carbons (Fsp3) is 0.538. The molecule has 0 saturated carbocycles. The van der Waals surface area contributed by atoms with Crippen molar-refractivity contribution in [2.24, 2.45) is 5.92 Å². The van der Waals surface area contributed by atoms with Crippen LogP contribution in [0.1, 0.15) is 32.8 Å². The fourth-order valence-electron chi connectivity index (χ4n) is 1.61. The lowest BCUT2D eigenvalue weighted by Gasteiger charge is -2.30. The average molecular weight is 208 g/mol. The number of hydrogen-bond donors (Lipinski definition) is 1. The summed E-state index contributed by atoms with van der Waals surface area (Å²) in [6, 6.07) is 7.61. The molecule has 0 aliphatic rings. The van der Waals surface area contributed by atoms with E-state index >= 15 is 0 Å². The number of rotatable bonds is 4. The minimum Gasteiger partial charge on any atom is -0.497 e. The number of methoxy groups -OCH3 is 1. The molecule has 0 fully saturated rings. The summed E-state index contributed by atoms with van der Waals surface area (Å²) in [5.74, 6) is 1.06. The molecule has 0 saturated heterocycles. The van der Waals surface area contributed by atoms with Crippen LogP contribution in [-0.2, 0) is 5.60 Å². The molecule has 2 atom stereocenters. The lowest BCUT2D eigenvalue weighted by molar-refractivity contribution is -0.00000920. The highest BCUT2D eigenvalue weighted by Gasteiger charge is 2.28. The monoisotopic (exact) mass is 208 g/mol. The fourth-order valence-corrected chi connectivity index (χ4v) is 1.61. The van der Waals surface area contributed by atoms with Crippen molar-refractivity contribution in [2.75, 3.05) is 7.11 Å². The largest absolute Gasteiger partial charge is 0.497 e. The maximum atomic E-state index is 10.4. The van der Waals surface area contributed by atoms with Gasteiger partial charge in [0.05, 0.1) is 12.7 Å². The topological polar surface area (TPSA) is 29.5 Å². The first kappa shape index (κ1) is 12.1. The van der Waals surface area contributed by atoms with Crippen LogP contribution < -0.4 is 4.74 Å². The van der Waals surface area contributed by atoms with E-state index in [1.54, 1.807) is 7.11 Å². The molecule has 15 heavy (non-hydrogen) atoms. The van der Waals surface area contributed by atoms with Gasteiger partial charge in [-0.05, 0) is 30.5 Å². The van der Waals surface area contributed by atoms with Gasteiger partial charge in [-0.1, -0.05) is 32.4 Å². The number of ether oxygens (including phenoxy) is 1. The third-order valence-electron chi connectivity index (χ3n) is 3.25. The summed E-state index contributed by atoms with van der Waals surface area (Å²) in [5, 5.41) is 10.4. The van der Waals surface area contributed by atoms with Crippen molar-refractivity contribution in [3.63, 3.8) is 0 Å². The second-order valence-electron chi connectivity index (χ2n) is 4.19. The molecule has 0 bridgehead atoms. The molecule has 1 aromatic rings. The van der Waals surface area contributed by atoms with Crippen molar-refractivity contribution >= 4 is 0 Å². The van der Waals surface area contributed by atoms with Crippen LogP contribution >= 0.6 is 0 Å². The van der Waals surface area contributed by atoms with E-state index in [4.69, 9.17) is 4.74 Å². The van der Waals surface area contributed by atoms with Crippen LogP contribution in [0.15, 0.2) is 24.3 Å². The first-order valence-electron chi connectivity index (χ1n) is 5.39. The Kier molecular flexibility index (Phi) is 3.75. The molecule has 0 amide bonds. The zero-order chi connectivity index (χ0) is 11.5. The predicted octanol–water partition coefficient (Wildman–Crippen LogP) is 2.95. The van der Waals surface area contributed by atoms with E-state index in [-0.39, 0.29) is 5.92 Å². The maximum Gasteiger partial charge on any atom is 0.118 e. The van der Waals surface area contributed by atoms with E-state index < -0.39 is 5.60 Å². The molecule has 0 heterocycles. The third kappa shape index (κ3) is 2.51. The Morgan fingerprint density at radius 3 is 2.27 bits per heavy atom. The first-order chi connectivity index (χ1) is 7.02. The van der Waals surface area contributed by atoms with E-state index in [1.807, 2.05) is 31.2 Å². The predicted molar refractivity (Wildman–Crippen MR) is 62.0 cm³/mol. The van der Waals surface area contributed by atoms with Crippen LogP contribution in [0.3, 0.4) is 0 Å². The van der Waals surface area contributed by atoms with Crippen LogP contribution in [0.25, 0.3) is 0 Å².